The second-order valence-electron chi connectivity index (χ2n) is 8.48. The second-order valence-corrected chi connectivity index (χ2v) is 8.48. The smallest absolute Gasteiger partial charge is 0.161 e. The van der Waals surface area contributed by atoms with Gasteiger partial charge in [0.15, 0.2) is 5.82 Å². The summed E-state index contributed by atoms with van der Waals surface area (Å²) in [5.74, 6) is 1.97. The van der Waals surface area contributed by atoms with E-state index in [0.717, 1.165) is 61.9 Å². The highest BCUT2D eigenvalue weighted by atomic mass is 15.2. The number of aromatic nitrogens is 2. The molecule has 2 aromatic carbocycles. The van der Waals surface area contributed by atoms with Gasteiger partial charge in [-0.2, -0.15) is 5.26 Å². The quantitative estimate of drug-likeness (QED) is 0.632. The molecular weight excluding hydrogens is 382 g/mol. The minimum Gasteiger partial charge on any atom is -0.356 e. The number of rotatable bonds is 4. The Morgan fingerprint density at radius 1 is 0.903 bits per heavy atom. The first-order valence-corrected chi connectivity index (χ1v) is 11.2. The highest BCUT2D eigenvalue weighted by Crippen LogP contribution is 2.31. The summed E-state index contributed by atoms with van der Waals surface area (Å²) in [6, 6.07) is 20.5. The van der Waals surface area contributed by atoms with Crippen LogP contribution >= 0.6 is 0 Å². The Hall–Kier alpha value is -3.23. The van der Waals surface area contributed by atoms with E-state index in [4.69, 9.17) is 9.97 Å². The fourth-order valence-electron chi connectivity index (χ4n) is 4.67. The van der Waals surface area contributed by atoms with Crippen molar-refractivity contribution in [2.45, 2.75) is 38.8 Å². The predicted octanol–water partition coefficient (Wildman–Crippen LogP) is 4.56. The molecule has 3 heterocycles. The van der Waals surface area contributed by atoms with E-state index < -0.39 is 0 Å². The number of nitriles is 1. The molecule has 0 atom stereocenters. The molecule has 0 saturated carbocycles. The van der Waals surface area contributed by atoms with Gasteiger partial charge in [0.2, 0.25) is 0 Å². The molecule has 0 spiro atoms. The Bertz CT molecular complexity index is 1100. The minimum absolute atomic E-state index is 0.722. The molecule has 5 heteroatoms. The van der Waals surface area contributed by atoms with Crippen molar-refractivity contribution in [1.29, 1.82) is 5.26 Å². The molecule has 1 fully saturated rings. The van der Waals surface area contributed by atoms with Crippen molar-refractivity contribution in [1.82, 2.24) is 14.9 Å². The van der Waals surface area contributed by atoms with Crippen LogP contribution in [-0.4, -0.2) is 34.5 Å². The molecule has 2 aliphatic rings. The van der Waals surface area contributed by atoms with Crippen LogP contribution in [0.1, 0.15) is 41.6 Å². The summed E-state index contributed by atoms with van der Waals surface area (Å²) in [6.07, 6.45) is 4.68. The van der Waals surface area contributed by atoms with Gasteiger partial charge in [0.05, 0.1) is 17.3 Å². The Labute approximate surface area is 184 Å². The van der Waals surface area contributed by atoms with E-state index >= 15 is 0 Å². The van der Waals surface area contributed by atoms with Gasteiger partial charge < -0.3 is 4.90 Å². The molecule has 0 N–H and O–H groups in total. The molecule has 1 aromatic heterocycles. The maximum Gasteiger partial charge on any atom is 0.161 e. The number of anilines is 1. The van der Waals surface area contributed by atoms with Gasteiger partial charge in [-0.3, -0.25) is 4.90 Å². The van der Waals surface area contributed by atoms with Crippen LogP contribution in [-0.2, 0) is 19.5 Å². The normalized spacial score (nSPS) is 16.5. The van der Waals surface area contributed by atoms with E-state index in [1.807, 2.05) is 24.3 Å². The average Bonchev–Trinajstić information content (AvgIpc) is 2.84. The number of piperidine rings is 1. The van der Waals surface area contributed by atoms with Crippen LogP contribution in [0.5, 0.6) is 0 Å². The van der Waals surface area contributed by atoms with Crippen molar-refractivity contribution >= 4 is 5.82 Å². The molecule has 3 aromatic rings. The van der Waals surface area contributed by atoms with Crippen molar-refractivity contribution in [2.24, 2.45) is 0 Å². The second kappa shape index (κ2) is 8.87. The molecule has 31 heavy (non-hydrogen) atoms. The highest BCUT2D eigenvalue weighted by molar-refractivity contribution is 5.61. The van der Waals surface area contributed by atoms with Gasteiger partial charge in [0.25, 0.3) is 0 Å². The lowest BCUT2D eigenvalue weighted by Crippen LogP contribution is -2.36. The molecule has 0 amide bonds. The lowest BCUT2D eigenvalue weighted by molar-refractivity contribution is 0.243. The fraction of sp³-hybridized carbons (Fsp3) is 0.346. The molecular formula is C26H27N5. The Morgan fingerprint density at radius 3 is 2.55 bits per heavy atom. The molecule has 5 nitrogen and oxygen atoms in total. The molecule has 2 aliphatic heterocycles. The Kier molecular flexibility index (Phi) is 5.64. The average molecular weight is 410 g/mol. The third-order valence-electron chi connectivity index (χ3n) is 6.27. The van der Waals surface area contributed by atoms with Gasteiger partial charge in [-0.25, -0.2) is 9.97 Å². The fourth-order valence-corrected chi connectivity index (χ4v) is 4.67. The molecule has 0 unspecified atom stereocenters. The van der Waals surface area contributed by atoms with E-state index in [1.54, 1.807) is 0 Å². The van der Waals surface area contributed by atoms with Gasteiger partial charge in [0.1, 0.15) is 5.82 Å². The topological polar surface area (TPSA) is 56.1 Å². The molecule has 0 bridgehead atoms. The number of hydrogen-bond acceptors (Lipinski definition) is 5. The monoisotopic (exact) mass is 409 g/mol. The summed E-state index contributed by atoms with van der Waals surface area (Å²) in [5.41, 5.74) is 5.46. The van der Waals surface area contributed by atoms with Crippen LogP contribution in [0, 0.1) is 11.3 Å². The maximum atomic E-state index is 9.21. The first kappa shape index (κ1) is 19.7. The van der Waals surface area contributed by atoms with E-state index in [0.29, 0.717) is 0 Å². The largest absolute Gasteiger partial charge is 0.356 e. The summed E-state index contributed by atoms with van der Waals surface area (Å²) in [6.45, 7) is 4.81. The van der Waals surface area contributed by atoms with Gasteiger partial charge in [-0.15, -0.1) is 0 Å². The van der Waals surface area contributed by atoms with Gasteiger partial charge >= 0.3 is 0 Å². The summed E-state index contributed by atoms with van der Waals surface area (Å²) < 4.78 is 0. The SMILES string of the molecule is N#Cc1cccc(CN2CCc3nc(-c4ccccc4)nc(N4CCCCC4)c3C2)c1. The first-order valence-electron chi connectivity index (χ1n) is 11.2. The van der Waals surface area contributed by atoms with E-state index in [2.05, 4.69) is 46.2 Å². The number of hydrogen-bond donors (Lipinski definition) is 0. The summed E-state index contributed by atoms with van der Waals surface area (Å²) in [7, 11) is 0. The third kappa shape index (κ3) is 4.30. The van der Waals surface area contributed by atoms with Crippen molar-refractivity contribution in [2.75, 3.05) is 24.5 Å². The standard InChI is InChI=1S/C26H27N5/c27-17-20-8-7-9-21(16-20)18-30-15-12-24-23(19-30)26(31-13-5-2-6-14-31)29-25(28-24)22-10-3-1-4-11-22/h1,3-4,7-11,16H,2,5-6,12-15,18-19H2. The van der Waals surface area contributed by atoms with Crippen molar-refractivity contribution in [3.05, 3.63) is 77.0 Å². The van der Waals surface area contributed by atoms with Crippen molar-refractivity contribution < 1.29 is 0 Å². The third-order valence-corrected chi connectivity index (χ3v) is 6.27. The van der Waals surface area contributed by atoms with Crippen LogP contribution in [0.2, 0.25) is 0 Å². The highest BCUT2D eigenvalue weighted by Gasteiger charge is 2.26. The predicted molar refractivity (Wildman–Crippen MR) is 123 cm³/mol. The van der Waals surface area contributed by atoms with E-state index in [1.165, 1.54) is 36.1 Å². The summed E-state index contributed by atoms with van der Waals surface area (Å²) >= 11 is 0. The lowest BCUT2D eigenvalue weighted by Gasteiger charge is -2.34. The molecule has 156 valence electrons. The molecule has 5 rings (SSSR count). The van der Waals surface area contributed by atoms with Crippen LogP contribution in [0.3, 0.4) is 0 Å². The molecule has 1 saturated heterocycles. The van der Waals surface area contributed by atoms with Gasteiger partial charge in [0, 0.05) is 50.3 Å². The van der Waals surface area contributed by atoms with Crippen LogP contribution < -0.4 is 4.90 Å². The van der Waals surface area contributed by atoms with Gasteiger partial charge in [-0.1, -0.05) is 42.5 Å². The summed E-state index contributed by atoms with van der Waals surface area (Å²) in [5, 5.41) is 9.21. The minimum atomic E-state index is 0.722. The van der Waals surface area contributed by atoms with E-state index in [9.17, 15) is 5.26 Å². The van der Waals surface area contributed by atoms with Crippen molar-refractivity contribution in [3.8, 4) is 17.5 Å². The zero-order valence-electron chi connectivity index (χ0n) is 17.8. The Morgan fingerprint density at radius 2 is 1.74 bits per heavy atom. The number of benzene rings is 2. The molecule has 0 radical (unpaired) electrons. The van der Waals surface area contributed by atoms with Crippen molar-refractivity contribution in [3.63, 3.8) is 0 Å². The molecule has 0 aliphatic carbocycles. The first-order chi connectivity index (χ1) is 15.3. The van der Waals surface area contributed by atoms with E-state index in [-0.39, 0.29) is 0 Å². The van der Waals surface area contributed by atoms with Crippen LogP contribution in [0.25, 0.3) is 11.4 Å². The maximum absolute atomic E-state index is 9.21. The lowest BCUT2D eigenvalue weighted by atomic mass is 10.0. The number of fused-ring (bicyclic) bond motifs is 1. The van der Waals surface area contributed by atoms with Gasteiger partial charge in [-0.05, 0) is 37.0 Å². The summed E-state index contributed by atoms with van der Waals surface area (Å²) in [4.78, 5) is 15.0. The zero-order chi connectivity index (χ0) is 21.0. The Balaban J connectivity index is 1.47. The van der Waals surface area contributed by atoms with Crippen LogP contribution in [0.15, 0.2) is 54.6 Å². The zero-order valence-corrected chi connectivity index (χ0v) is 17.8. The number of nitrogens with zero attached hydrogens (tertiary/aromatic N) is 5. The van der Waals surface area contributed by atoms with Crippen LogP contribution in [0.4, 0.5) is 5.82 Å².